The first kappa shape index (κ1) is 15.7. The number of hydrogen-bond acceptors (Lipinski definition) is 3. The van der Waals surface area contributed by atoms with Crippen LogP contribution in [0.1, 0.15) is 31.2 Å². The van der Waals surface area contributed by atoms with Gasteiger partial charge in [-0.25, -0.2) is 5.43 Å². The Hall–Kier alpha value is -1.69. The number of hydrogen-bond donors (Lipinski definition) is 1. The summed E-state index contributed by atoms with van der Waals surface area (Å²) in [6, 6.07) is 7.50. The predicted molar refractivity (Wildman–Crippen MR) is 84.9 cm³/mol. The van der Waals surface area contributed by atoms with Crippen LogP contribution in [0.25, 0.3) is 0 Å². The minimum absolute atomic E-state index is 0.497. The Labute approximate surface area is 132 Å². The van der Waals surface area contributed by atoms with Crippen LogP contribution in [0.4, 0.5) is 0 Å². The van der Waals surface area contributed by atoms with Crippen LogP contribution in [-0.2, 0) is 9.59 Å². The van der Waals surface area contributed by atoms with Gasteiger partial charge in [0.15, 0.2) is 0 Å². The van der Waals surface area contributed by atoms with Gasteiger partial charge in [0, 0.05) is 17.6 Å². The maximum absolute atomic E-state index is 12.0. The lowest BCUT2D eigenvalue weighted by molar-refractivity contribution is -0.145. The number of halogens is 1. The van der Waals surface area contributed by atoms with E-state index in [2.05, 4.69) is 26.5 Å². The zero-order valence-electron chi connectivity index (χ0n) is 11.7. The van der Waals surface area contributed by atoms with E-state index < -0.39 is 11.8 Å². The standard InChI is InChI=1S/C15H18BrN3O2/c16-13-7-5-6-12(10-13)11-17-18-14(20)15(21)19-8-3-1-2-4-9-19/h5-7,10-11H,1-4,8-9H2,(H,18,20)/b17-11-. The molecule has 0 aliphatic carbocycles. The lowest BCUT2D eigenvalue weighted by Gasteiger charge is -2.18. The third-order valence-corrected chi connectivity index (χ3v) is 3.81. The summed E-state index contributed by atoms with van der Waals surface area (Å²) in [5.41, 5.74) is 3.13. The van der Waals surface area contributed by atoms with Crippen LogP contribution in [0.5, 0.6) is 0 Å². The summed E-state index contributed by atoms with van der Waals surface area (Å²) in [6.07, 6.45) is 5.66. The van der Waals surface area contributed by atoms with E-state index in [1.807, 2.05) is 24.3 Å². The molecular formula is C15H18BrN3O2. The van der Waals surface area contributed by atoms with Crippen LogP contribution in [0.3, 0.4) is 0 Å². The summed E-state index contributed by atoms with van der Waals surface area (Å²) >= 11 is 3.36. The fraction of sp³-hybridized carbons (Fsp3) is 0.400. The molecule has 6 heteroatoms. The maximum atomic E-state index is 12.0. The Kier molecular flexibility index (Phi) is 5.92. The molecular weight excluding hydrogens is 334 g/mol. The Morgan fingerprint density at radius 2 is 1.90 bits per heavy atom. The largest absolute Gasteiger partial charge is 0.334 e. The van der Waals surface area contributed by atoms with Crippen LogP contribution >= 0.6 is 15.9 Å². The van der Waals surface area contributed by atoms with E-state index >= 15 is 0 Å². The number of amides is 2. The van der Waals surface area contributed by atoms with Gasteiger partial charge in [0.2, 0.25) is 0 Å². The van der Waals surface area contributed by atoms with E-state index in [-0.39, 0.29) is 0 Å². The zero-order chi connectivity index (χ0) is 15.1. The number of carbonyl (C=O) groups is 2. The molecule has 1 aliphatic rings. The van der Waals surface area contributed by atoms with E-state index in [0.29, 0.717) is 13.1 Å². The zero-order valence-corrected chi connectivity index (χ0v) is 13.3. The summed E-state index contributed by atoms with van der Waals surface area (Å²) in [7, 11) is 0. The van der Waals surface area contributed by atoms with Crippen molar-refractivity contribution in [1.29, 1.82) is 0 Å². The quantitative estimate of drug-likeness (QED) is 0.504. The number of benzene rings is 1. The van der Waals surface area contributed by atoms with E-state index in [9.17, 15) is 9.59 Å². The maximum Gasteiger partial charge on any atom is 0.329 e. The molecule has 1 fully saturated rings. The number of nitrogens with one attached hydrogen (secondary N) is 1. The number of carbonyl (C=O) groups excluding carboxylic acids is 2. The summed E-state index contributed by atoms with van der Waals surface area (Å²) in [5, 5.41) is 3.83. The van der Waals surface area contributed by atoms with Crippen molar-refractivity contribution in [2.24, 2.45) is 5.10 Å². The van der Waals surface area contributed by atoms with Crippen molar-refractivity contribution in [3.05, 3.63) is 34.3 Å². The molecule has 1 saturated heterocycles. The van der Waals surface area contributed by atoms with Crippen molar-refractivity contribution in [1.82, 2.24) is 10.3 Å². The van der Waals surface area contributed by atoms with Gasteiger partial charge in [-0.15, -0.1) is 0 Å². The second-order valence-electron chi connectivity index (χ2n) is 4.96. The smallest absolute Gasteiger partial charge is 0.329 e. The van der Waals surface area contributed by atoms with E-state index in [0.717, 1.165) is 35.7 Å². The average molecular weight is 352 g/mol. The molecule has 1 aromatic rings. The van der Waals surface area contributed by atoms with Crippen molar-refractivity contribution < 1.29 is 9.59 Å². The SMILES string of the molecule is O=C(N/N=C\c1cccc(Br)c1)C(=O)N1CCCCCC1. The Morgan fingerprint density at radius 3 is 2.57 bits per heavy atom. The van der Waals surface area contributed by atoms with Crippen LogP contribution < -0.4 is 5.43 Å². The highest BCUT2D eigenvalue weighted by molar-refractivity contribution is 9.10. The van der Waals surface area contributed by atoms with E-state index in [1.54, 1.807) is 4.90 Å². The Bertz CT molecular complexity index is 537. The Balaban J connectivity index is 1.87. The molecule has 0 aromatic heterocycles. The number of likely N-dealkylation sites (tertiary alicyclic amines) is 1. The molecule has 1 heterocycles. The molecule has 0 bridgehead atoms. The molecule has 0 spiro atoms. The third kappa shape index (κ3) is 4.97. The first-order valence-corrected chi connectivity index (χ1v) is 7.84. The third-order valence-electron chi connectivity index (χ3n) is 3.32. The summed E-state index contributed by atoms with van der Waals surface area (Å²) in [5.74, 6) is -1.17. The van der Waals surface area contributed by atoms with Crippen molar-refractivity contribution in [2.75, 3.05) is 13.1 Å². The van der Waals surface area contributed by atoms with Gasteiger partial charge in [-0.3, -0.25) is 9.59 Å². The second-order valence-corrected chi connectivity index (χ2v) is 5.88. The van der Waals surface area contributed by atoms with Crippen LogP contribution in [0, 0.1) is 0 Å². The molecule has 21 heavy (non-hydrogen) atoms. The fourth-order valence-corrected chi connectivity index (χ4v) is 2.63. The van der Waals surface area contributed by atoms with Gasteiger partial charge in [-0.05, 0) is 30.5 Å². The number of rotatable bonds is 2. The van der Waals surface area contributed by atoms with Crippen molar-refractivity contribution in [3.63, 3.8) is 0 Å². The highest BCUT2D eigenvalue weighted by atomic mass is 79.9. The summed E-state index contributed by atoms with van der Waals surface area (Å²) in [4.78, 5) is 25.4. The molecule has 0 atom stereocenters. The van der Waals surface area contributed by atoms with Gasteiger partial charge in [0.25, 0.3) is 0 Å². The molecule has 0 saturated carbocycles. The number of hydrazone groups is 1. The predicted octanol–water partition coefficient (Wildman–Crippen LogP) is 2.30. The van der Waals surface area contributed by atoms with Gasteiger partial charge in [0.05, 0.1) is 6.21 Å². The molecule has 1 N–H and O–H groups in total. The molecule has 1 aliphatic heterocycles. The van der Waals surface area contributed by atoms with Crippen molar-refractivity contribution >= 4 is 34.0 Å². The molecule has 0 unspecified atom stereocenters. The van der Waals surface area contributed by atoms with Crippen LogP contribution in [-0.4, -0.2) is 36.0 Å². The number of nitrogens with zero attached hydrogens (tertiary/aromatic N) is 2. The van der Waals surface area contributed by atoms with Gasteiger partial charge in [-0.1, -0.05) is 40.9 Å². The summed E-state index contributed by atoms with van der Waals surface area (Å²) < 4.78 is 0.929. The molecule has 0 radical (unpaired) electrons. The minimum atomic E-state index is -0.678. The van der Waals surface area contributed by atoms with Gasteiger partial charge in [-0.2, -0.15) is 5.10 Å². The van der Waals surface area contributed by atoms with Crippen molar-refractivity contribution in [3.8, 4) is 0 Å². The first-order valence-electron chi connectivity index (χ1n) is 7.05. The topological polar surface area (TPSA) is 61.8 Å². The van der Waals surface area contributed by atoms with Gasteiger partial charge in [0.1, 0.15) is 0 Å². The highest BCUT2D eigenvalue weighted by Crippen LogP contribution is 2.10. The monoisotopic (exact) mass is 351 g/mol. The molecule has 112 valence electrons. The second kappa shape index (κ2) is 7.93. The van der Waals surface area contributed by atoms with Gasteiger partial charge < -0.3 is 4.90 Å². The molecule has 5 nitrogen and oxygen atoms in total. The highest BCUT2D eigenvalue weighted by Gasteiger charge is 2.21. The van der Waals surface area contributed by atoms with Crippen LogP contribution in [0.2, 0.25) is 0 Å². The van der Waals surface area contributed by atoms with Crippen molar-refractivity contribution in [2.45, 2.75) is 25.7 Å². The molecule has 2 rings (SSSR count). The summed E-state index contributed by atoms with van der Waals surface area (Å²) in [6.45, 7) is 1.31. The lowest BCUT2D eigenvalue weighted by atomic mass is 10.2. The molecule has 2 amide bonds. The first-order chi connectivity index (χ1) is 10.2. The van der Waals surface area contributed by atoms with Crippen LogP contribution in [0.15, 0.2) is 33.8 Å². The Morgan fingerprint density at radius 1 is 1.19 bits per heavy atom. The molecule has 1 aromatic carbocycles. The van der Waals surface area contributed by atoms with E-state index in [1.165, 1.54) is 6.21 Å². The fourth-order valence-electron chi connectivity index (χ4n) is 2.22. The average Bonchev–Trinajstić information content (AvgIpc) is 2.75. The normalized spacial score (nSPS) is 15.8. The minimum Gasteiger partial charge on any atom is -0.334 e. The van der Waals surface area contributed by atoms with E-state index in [4.69, 9.17) is 0 Å². The van der Waals surface area contributed by atoms with Gasteiger partial charge >= 0.3 is 11.8 Å². The lowest BCUT2D eigenvalue weighted by Crippen LogP contribution is -2.41.